The summed E-state index contributed by atoms with van der Waals surface area (Å²) in [5.41, 5.74) is 1.01. The van der Waals surface area contributed by atoms with Gasteiger partial charge in [0.2, 0.25) is 0 Å². The second-order valence-corrected chi connectivity index (χ2v) is 19.4. The van der Waals surface area contributed by atoms with Crippen LogP contribution in [0.5, 0.6) is 0 Å². The first-order valence-corrected chi connectivity index (χ1v) is 27.0. The highest BCUT2D eigenvalue weighted by Gasteiger charge is 2.56. The zero-order valence-electron chi connectivity index (χ0n) is 45.4. The van der Waals surface area contributed by atoms with Crippen LogP contribution in [0, 0.1) is 0 Å². The summed E-state index contributed by atoms with van der Waals surface area (Å²) in [6.07, 6.45) is -17.7. The Labute approximate surface area is 487 Å². The molecule has 10 rings (SSSR count). The number of ether oxygens (including phenoxy) is 13. The number of benzene rings is 7. The van der Waals surface area contributed by atoms with Crippen LogP contribution in [0.3, 0.4) is 0 Å². The Balaban J connectivity index is 0.973. The molecule has 3 fully saturated rings. The second kappa shape index (κ2) is 28.2. The lowest BCUT2D eigenvalue weighted by Gasteiger charge is -2.27. The summed E-state index contributed by atoms with van der Waals surface area (Å²) in [6, 6.07) is 56.1. The van der Waals surface area contributed by atoms with Crippen molar-refractivity contribution in [3.63, 3.8) is 0 Å². The van der Waals surface area contributed by atoms with Crippen molar-refractivity contribution < 1.29 is 95.1 Å². The lowest BCUT2D eigenvalue weighted by molar-refractivity contribution is -0.217. The highest BCUT2D eigenvalue weighted by atomic mass is 16.8. The summed E-state index contributed by atoms with van der Waals surface area (Å²) in [6.45, 7) is -1.69. The molecule has 0 amide bonds. The third kappa shape index (κ3) is 14.7. The molecule has 0 saturated carbocycles. The fourth-order valence-corrected chi connectivity index (χ4v) is 9.53. The molecule has 12 atom stereocenters. The van der Waals surface area contributed by atoms with E-state index in [1.165, 1.54) is 67.8 Å². The van der Waals surface area contributed by atoms with Crippen molar-refractivity contribution in [3.8, 4) is 0 Å². The Hall–Kier alpha value is -9.41. The molecule has 0 radical (unpaired) electrons. The van der Waals surface area contributed by atoms with Gasteiger partial charge in [0.25, 0.3) is 0 Å². The van der Waals surface area contributed by atoms with Crippen LogP contribution in [0.2, 0.25) is 0 Å². The zero-order valence-corrected chi connectivity index (χ0v) is 45.4. The van der Waals surface area contributed by atoms with Crippen molar-refractivity contribution in [1.29, 1.82) is 0 Å². The topological polar surface area (TPSA) is 239 Å². The van der Waals surface area contributed by atoms with Gasteiger partial charge >= 0.3 is 41.8 Å². The number of methoxy groups -OCH3 is 1. The molecular formula is C65H56O20. The number of rotatable bonds is 22. The predicted octanol–water partition coefficient (Wildman–Crippen LogP) is 8.05. The first-order valence-electron chi connectivity index (χ1n) is 27.0. The molecule has 0 aromatic heterocycles. The number of hydrogen-bond donors (Lipinski definition) is 0. The third-order valence-corrected chi connectivity index (χ3v) is 13.8. The fraction of sp³-hybridized carbons (Fsp3) is 0.246. The van der Waals surface area contributed by atoms with Gasteiger partial charge in [-0.1, -0.05) is 127 Å². The highest BCUT2D eigenvalue weighted by Crippen LogP contribution is 2.36. The van der Waals surface area contributed by atoms with Gasteiger partial charge in [0.1, 0.15) is 24.9 Å². The molecule has 3 aliphatic rings. The average Bonchev–Trinajstić information content (AvgIpc) is 2.77. The minimum absolute atomic E-state index is 0.102. The van der Waals surface area contributed by atoms with Crippen molar-refractivity contribution in [1.82, 2.24) is 0 Å². The summed E-state index contributed by atoms with van der Waals surface area (Å²) >= 11 is 0. The maximum Gasteiger partial charge on any atom is 0.338 e. The van der Waals surface area contributed by atoms with E-state index in [2.05, 4.69) is 0 Å². The lowest BCUT2D eigenvalue weighted by atomic mass is 10.1. The molecule has 20 heteroatoms. The molecule has 7 aromatic carbocycles. The van der Waals surface area contributed by atoms with E-state index in [1.807, 2.05) is 0 Å². The van der Waals surface area contributed by atoms with Crippen LogP contribution in [0.15, 0.2) is 212 Å². The van der Waals surface area contributed by atoms with Crippen molar-refractivity contribution in [3.05, 3.63) is 251 Å². The van der Waals surface area contributed by atoms with E-state index < -0.39 is 135 Å². The van der Waals surface area contributed by atoms with Crippen LogP contribution in [0.25, 0.3) is 0 Å². The standard InChI is InChI=1S/C65H56O20/c1-73-63-53(83-60(70)44-31-17-6-18-32-44)50(80-57(67)41-25-11-3-12-26-41)48(77-63)38-75-65-55(85-62(72)46-35-21-8-22-36-46)52(82-59(69)43-29-15-5-16-30-43)49(79-65)39-76-64-54(84-61(71)45-33-19-7-20-34-45)51(81-58(68)42-27-13-4-14-28-42)47(78-64)37-74-56(66)40-23-9-2-10-24-40/h2-36,47-55,63-65H,37-39H2,1H3/t47-,48-,49-,50-,51-,52-,53+,54+,55+,63+,64+,65+/m1/s1. The number of carbonyl (C=O) groups is 7. The van der Waals surface area contributed by atoms with Crippen molar-refractivity contribution in [2.45, 2.75) is 73.8 Å². The van der Waals surface area contributed by atoms with Gasteiger partial charge in [-0.25, -0.2) is 33.6 Å². The molecule has 0 bridgehead atoms. The second-order valence-electron chi connectivity index (χ2n) is 19.4. The van der Waals surface area contributed by atoms with E-state index in [9.17, 15) is 33.6 Å². The lowest BCUT2D eigenvalue weighted by Crippen LogP contribution is -2.45. The Kier molecular flexibility index (Phi) is 19.5. The molecule has 85 heavy (non-hydrogen) atoms. The Morgan fingerprint density at radius 1 is 0.282 bits per heavy atom. The minimum Gasteiger partial charge on any atom is -0.459 e. The number of hydrogen-bond acceptors (Lipinski definition) is 20. The molecular weight excluding hydrogens is 1100 g/mol. The van der Waals surface area contributed by atoms with Crippen molar-refractivity contribution in [2.24, 2.45) is 0 Å². The van der Waals surface area contributed by atoms with E-state index in [1.54, 1.807) is 152 Å². The molecule has 7 aromatic rings. The molecule has 0 aliphatic carbocycles. The van der Waals surface area contributed by atoms with Gasteiger partial charge < -0.3 is 61.6 Å². The van der Waals surface area contributed by atoms with Gasteiger partial charge in [-0.05, 0) is 84.9 Å². The number of carbonyl (C=O) groups excluding carboxylic acids is 7. The van der Waals surface area contributed by atoms with Gasteiger partial charge in [0.15, 0.2) is 55.5 Å². The normalized spacial score (nSPS) is 24.1. The van der Waals surface area contributed by atoms with Crippen LogP contribution in [-0.2, 0) is 61.6 Å². The predicted molar refractivity (Wildman–Crippen MR) is 295 cm³/mol. The average molecular weight is 1160 g/mol. The minimum atomic E-state index is -1.66. The number of esters is 7. The summed E-state index contributed by atoms with van der Waals surface area (Å²) < 4.78 is 80.1. The fourth-order valence-electron chi connectivity index (χ4n) is 9.53. The maximum atomic E-state index is 14.2. The van der Waals surface area contributed by atoms with E-state index in [0.29, 0.717) is 0 Å². The van der Waals surface area contributed by atoms with Crippen molar-refractivity contribution in [2.75, 3.05) is 26.9 Å². The third-order valence-electron chi connectivity index (χ3n) is 13.8. The zero-order chi connectivity index (χ0) is 59.1. The Morgan fingerprint density at radius 3 is 0.753 bits per heavy atom. The Bertz CT molecular complexity index is 3360. The molecule has 3 aliphatic heterocycles. The van der Waals surface area contributed by atoms with Gasteiger partial charge in [-0.15, -0.1) is 0 Å². The van der Waals surface area contributed by atoms with E-state index in [-0.39, 0.29) is 38.9 Å². The van der Waals surface area contributed by atoms with Crippen LogP contribution < -0.4 is 0 Å². The molecule has 436 valence electrons. The van der Waals surface area contributed by atoms with Crippen LogP contribution >= 0.6 is 0 Å². The van der Waals surface area contributed by atoms with Gasteiger partial charge in [-0.2, -0.15) is 0 Å². The summed E-state index contributed by atoms with van der Waals surface area (Å²) in [5, 5.41) is 0. The highest BCUT2D eigenvalue weighted by molar-refractivity contribution is 5.93. The molecule has 0 spiro atoms. The van der Waals surface area contributed by atoms with Crippen LogP contribution in [0.4, 0.5) is 0 Å². The molecule has 0 unspecified atom stereocenters. The van der Waals surface area contributed by atoms with Gasteiger partial charge in [0.05, 0.1) is 52.2 Å². The van der Waals surface area contributed by atoms with Crippen molar-refractivity contribution >= 4 is 41.8 Å². The monoisotopic (exact) mass is 1160 g/mol. The molecule has 3 heterocycles. The van der Waals surface area contributed by atoms with E-state index >= 15 is 0 Å². The SMILES string of the molecule is CO[C@H]1O[C@H](CO[C@H]2O[C@H](CO[C@H]3O[C@H](COC(=O)c4ccccc4)[C@@H](OC(=O)c4ccccc4)[C@@H]3OC(=O)c3ccccc3)[C@@H](OC(=O)c3ccccc3)[C@@H]2OC(=O)c2ccccc2)[C@@H](OC(=O)c2ccccc2)[C@@H]1OC(=O)c1ccccc1. The van der Waals surface area contributed by atoms with E-state index in [4.69, 9.17) is 61.6 Å². The molecule has 3 saturated heterocycles. The van der Waals surface area contributed by atoms with E-state index in [0.717, 1.165) is 0 Å². The quantitative estimate of drug-likeness (QED) is 0.0460. The first kappa shape index (κ1) is 58.8. The largest absolute Gasteiger partial charge is 0.459 e. The Morgan fingerprint density at radius 2 is 0.494 bits per heavy atom. The smallest absolute Gasteiger partial charge is 0.338 e. The first-order chi connectivity index (χ1) is 41.5. The maximum absolute atomic E-state index is 14.2. The summed E-state index contributed by atoms with van der Waals surface area (Å²) in [7, 11) is 1.30. The molecule has 20 nitrogen and oxygen atoms in total. The van der Waals surface area contributed by atoms with Crippen LogP contribution in [0.1, 0.15) is 72.5 Å². The molecule has 0 N–H and O–H groups in total. The summed E-state index contributed by atoms with van der Waals surface area (Å²) in [5.74, 6) is -5.79. The van der Waals surface area contributed by atoms with Crippen LogP contribution in [-0.4, -0.2) is 143 Å². The summed E-state index contributed by atoms with van der Waals surface area (Å²) in [4.78, 5) is 97.1. The van der Waals surface area contributed by atoms with Gasteiger partial charge in [0, 0.05) is 7.11 Å². The van der Waals surface area contributed by atoms with Gasteiger partial charge in [-0.3, -0.25) is 0 Å².